The van der Waals surface area contributed by atoms with Crippen LogP contribution < -0.4 is 0 Å². The van der Waals surface area contributed by atoms with Gasteiger partial charge in [0.15, 0.2) is 5.78 Å². The lowest BCUT2D eigenvalue weighted by molar-refractivity contribution is -0.161. The first-order chi connectivity index (χ1) is 11.4. The molecule has 0 radical (unpaired) electrons. The van der Waals surface area contributed by atoms with Crippen LogP contribution in [0, 0.1) is 18.8 Å². The fourth-order valence-corrected chi connectivity index (χ4v) is 2.19. The number of Topliss-reactive ketones (excluding diaryl/α,β-unsaturated/α-hetero) is 1. The molecule has 0 fully saturated rings. The molecule has 0 aliphatic rings. The molecule has 2 atom stereocenters. The molecule has 1 rings (SSSR count). The number of ether oxygens (including phenoxy) is 2. The molecule has 0 aliphatic heterocycles. The largest absolute Gasteiger partial charge is 0.469 e. The molecule has 0 amide bonds. The molecule has 0 heterocycles. The fourth-order valence-electron chi connectivity index (χ4n) is 2.19. The van der Waals surface area contributed by atoms with Gasteiger partial charge in [-0.15, -0.1) is 0 Å². The van der Waals surface area contributed by atoms with Crippen molar-refractivity contribution in [2.24, 2.45) is 11.8 Å². The van der Waals surface area contributed by atoms with Gasteiger partial charge in [0.1, 0.15) is 5.92 Å². The highest BCUT2D eigenvalue weighted by Gasteiger charge is 2.37. The van der Waals surface area contributed by atoms with Gasteiger partial charge in [0.2, 0.25) is 0 Å². The van der Waals surface area contributed by atoms with Crippen LogP contribution in [0.4, 0.5) is 0 Å². The van der Waals surface area contributed by atoms with E-state index in [4.69, 9.17) is 4.74 Å². The molecule has 0 spiro atoms. The van der Waals surface area contributed by atoms with Crippen LogP contribution in [-0.4, -0.2) is 31.4 Å². The van der Waals surface area contributed by atoms with Crippen LogP contribution in [-0.2, 0) is 30.3 Å². The van der Waals surface area contributed by atoms with Crippen LogP contribution in [0.2, 0.25) is 0 Å². The predicted molar refractivity (Wildman–Crippen MR) is 92.5 cm³/mol. The molecule has 24 heavy (non-hydrogen) atoms. The second kappa shape index (κ2) is 11.4. The number of rotatable bonds is 7. The lowest BCUT2D eigenvalue weighted by Crippen LogP contribution is -2.37. The molecule has 0 bridgehead atoms. The number of benzene rings is 1. The van der Waals surface area contributed by atoms with Gasteiger partial charge in [0, 0.05) is 6.42 Å². The third kappa shape index (κ3) is 6.52. The van der Waals surface area contributed by atoms with Crippen LogP contribution in [0.3, 0.4) is 0 Å². The van der Waals surface area contributed by atoms with E-state index in [0.29, 0.717) is 0 Å². The Morgan fingerprint density at radius 2 is 1.58 bits per heavy atom. The number of hydrogen-bond acceptors (Lipinski definition) is 5. The standard InChI is InChI=1S/C17H22O5.C2H6/c1-5-22-17(20)15(12(3)16(19)21-4)14(18)10-13-8-6-11(2)7-9-13;1-2/h6-9,12,15H,5,10H2,1-4H3;1-2H3. The number of carbonyl (C=O) groups is 3. The van der Waals surface area contributed by atoms with Crippen molar-refractivity contribution in [3.63, 3.8) is 0 Å². The maximum atomic E-state index is 12.5. The topological polar surface area (TPSA) is 69.7 Å². The van der Waals surface area contributed by atoms with Gasteiger partial charge < -0.3 is 9.47 Å². The van der Waals surface area contributed by atoms with E-state index in [9.17, 15) is 14.4 Å². The molecular weight excluding hydrogens is 308 g/mol. The van der Waals surface area contributed by atoms with Gasteiger partial charge in [-0.1, -0.05) is 50.6 Å². The van der Waals surface area contributed by atoms with Crippen molar-refractivity contribution < 1.29 is 23.9 Å². The van der Waals surface area contributed by atoms with E-state index >= 15 is 0 Å². The van der Waals surface area contributed by atoms with Gasteiger partial charge in [-0.2, -0.15) is 0 Å². The van der Waals surface area contributed by atoms with Gasteiger partial charge in [0.25, 0.3) is 0 Å². The van der Waals surface area contributed by atoms with Crippen molar-refractivity contribution in [3.8, 4) is 0 Å². The maximum Gasteiger partial charge on any atom is 0.317 e. The van der Waals surface area contributed by atoms with Crippen LogP contribution in [0.25, 0.3) is 0 Å². The lowest BCUT2D eigenvalue weighted by Gasteiger charge is -2.19. The Bertz CT molecular complexity index is 533. The number of ketones is 1. The zero-order chi connectivity index (χ0) is 18.7. The van der Waals surface area contributed by atoms with Crippen molar-refractivity contribution in [3.05, 3.63) is 35.4 Å². The minimum atomic E-state index is -1.14. The van der Waals surface area contributed by atoms with E-state index in [2.05, 4.69) is 4.74 Å². The summed E-state index contributed by atoms with van der Waals surface area (Å²) < 4.78 is 9.57. The van der Waals surface area contributed by atoms with E-state index in [1.54, 1.807) is 6.92 Å². The van der Waals surface area contributed by atoms with Crippen molar-refractivity contribution in [1.82, 2.24) is 0 Å². The monoisotopic (exact) mass is 336 g/mol. The van der Waals surface area contributed by atoms with Crippen LogP contribution in [0.15, 0.2) is 24.3 Å². The van der Waals surface area contributed by atoms with Gasteiger partial charge in [-0.25, -0.2) is 0 Å². The lowest BCUT2D eigenvalue weighted by atomic mass is 9.87. The smallest absolute Gasteiger partial charge is 0.317 e. The molecule has 0 aromatic heterocycles. The quantitative estimate of drug-likeness (QED) is 0.565. The first-order valence-corrected chi connectivity index (χ1v) is 8.23. The van der Waals surface area contributed by atoms with Gasteiger partial charge in [-0.3, -0.25) is 14.4 Å². The Morgan fingerprint density at radius 1 is 1.04 bits per heavy atom. The number of aryl methyl sites for hydroxylation is 1. The van der Waals surface area contributed by atoms with Crippen molar-refractivity contribution in [1.29, 1.82) is 0 Å². The summed E-state index contributed by atoms with van der Waals surface area (Å²) >= 11 is 0. The summed E-state index contributed by atoms with van der Waals surface area (Å²) in [6, 6.07) is 7.45. The number of hydrogen-bond donors (Lipinski definition) is 0. The van der Waals surface area contributed by atoms with Gasteiger partial charge in [0.05, 0.1) is 19.6 Å². The minimum absolute atomic E-state index is 0.0745. The normalized spacial score (nSPS) is 12.2. The third-order valence-corrected chi connectivity index (χ3v) is 3.46. The average Bonchev–Trinajstić information content (AvgIpc) is 2.58. The summed E-state index contributed by atoms with van der Waals surface area (Å²) in [7, 11) is 1.23. The Labute approximate surface area is 144 Å². The van der Waals surface area contributed by atoms with Crippen LogP contribution in [0.5, 0.6) is 0 Å². The zero-order valence-electron chi connectivity index (χ0n) is 15.4. The molecule has 2 unspecified atom stereocenters. The Kier molecular flexibility index (Phi) is 10.3. The van der Waals surface area contributed by atoms with Gasteiger partial charge in [-0.05, 0) is 19.4 Å². The molecular formula is C19H28O5. The number of methoxy groups -OCH3 is 1. The molecule has 0 saturated heterocycles. The van der Waals surface area contributed by atoms with Crippen molar-refractivity contribution in [2.75, 3.05) is 13.7 Å². The SMILES string of the molecule is CC.CCOC(=O)C(C(=O)Cc1ccc(C)cc1)C(C)C(=O)OC. The number of esters is 2. The molecule has 0 saturated carbocycles. The van der Waals surface area contributed by atoms with Crippen LogP contribution >= 0.6 is 0 Å². The second-order valence-electron chi connectivity index (χ2n) is 5.17. The van der Waals surface area contributed by atoms with E-state index in [-0.39, 0.29) is 18.8 Å². The summed E-state index contributed by atoms with van der Waals surface area (Å²) in [6.07, 6.45) is 0.0745. The summed E-state index contributed by atoms with van der Waals surface area (Å²) in [4.78, 5) is 36.2. The molecule has 134 valence electrons. The Morgan fingerprint density at radius 3 is 2.04 bits per heavy atom. The summed E-state index contributed by atoms with van der Waals surface area (Å²) in [5.41, 5.74) is 1.88. The third-order valence-electron chi connectivity index (χ3n) is 3.46. The van der Waals surface area contributed by atoms with E-state index in [0.717, 1.165) is 11.1 Å². The second-order valence-corrected chi connectivity index (χ2v) is 5.17. The molecule has 1 aromatic rings. The summed E-state index contributed by atoms with van der Waals surface area (Å²) in [5, 5.41) is 0. The summed E-state index contributed by atoms with van der Waals surface area (Å²) in [5.74, 6) is -3.65. The number of carbonyl (C=O) groups excluding carboxylic acids is 3. The Hall–Kier alpha value is -2.17. The van der Waals surface area contributed by atoms with Gasteiger partial charge >= 0.3 is 11.9 Å². The van der Waals surface area contributed by atoms with Crippen molar-refractivity contribution >= 4 is 17.7 Å². The molecule has 0 N–H and O–H groups in total. The fraction of sp³-hybridized carbons (Fsp3) is 0.526. The molecule has 1 aromatic carbocycles. The molecule has 0 aliphatic carbocycles. The molecule has 5 nitrogen and oxygen atoms in total. The first-order valence-electron chi connectivity index (χ1n) is 8.23. The molecule has 5 heteroatoms. The van der Waals surface area contributed by atoms with E-state index < -0.39 is 23.8 Å². The maximum absolute atomic E-state index is 12.5. The highest BCUT2D eigenvalue weighted by Crippen LogP contribution is 2.19. The van der Waals surface area contributed by atoms with Crippen LogP contribution in [0.1, 0.15) is 38.8 Å². The predicted octanol–water partition coefficient (Wildman–Crippen LogP) is 3.12. The Balaban J connectivity index is 0.00000254. The summed E-state index contributed by atoms with van der Waals surface area (Å²) in [6.45, 7) is 9.26. The van der Waals surface area contributed by atoms with Crippen molar-refractivity contribution in [2.45, 2.75) is 41.0 Å². The average molecular weight is 336 g/mol. The minimum Gasteiger partial charge on any atom is -0.469 e. The first kappa shape index (κ1) is 21.8. The highest BCUT2D eigenvalue weighted by molar-refractivity contribution is 6.03. The van der Waals surface area contributed by atoms with E-state index in [1.807, 2.05) is 45.0 Å². The zero-order valence-corrected chi connectivity index (χ0v) is 15.4. The highest BCUT2D eigenvalue weighted by atomic mass is 16.5. The van der Waals surface area contributed by atoms with E-state index in [1.165, 1.54) is 14.0 Å².